The van der Waals surface area contributed by atoms with Gasteiger partial charge in [0, 0.05) is 69.0 Å². The van der Waals surface area contributed by atoms with Crippen molar-refractivity contribution in [3.05, 3.63) is 214 Å². The first-order valence-corrected chi connectivity index (χ1v) is 18.0. The van der Waals surface area contributed by atoms with Gasteiger partial charge in [0.2, 0.25) is 0 Å². The van der Waals surface area contributed by atoms with E-state index in [1.165, 1.54) is 0 Å². The van der Waals surface area contributed by atoms with E-state index in [1.54, 1.807) is 166 Å². The van der Waals surface area contributed by atoms with Gasteiger partial charge in [0.15, 0.2) is 17.3 Å². The Kier molecular flexibility index (Phi) is 19.6. The molecule has 0 aromatic heterocycles. The number of rotatable bonds is 12. The summed E-state index contributed by atoms with van der Waals surface area (Å²) in [7, 11) is 0. The Morgan fingerprint density at radius 1 is 0.339 bits per heavy atom. The first kappa shape index (κ1) is 48.7. The maximum Gasteiger partial charge on any atom is 3.00 e. The molecule has 6 rings (SSSR count). The Balaban J connectivity index is 0.000000300. The van der Waals surface area contributed by atoms with Crippen molar-refractivity contribution < 1.29 is 49.6 Å². The first-order valence-electron chi connectivity index (χ1n) is 18.0. The fraction of sp³-hybridized carbons (Fsp3) is 0.125. The van der Waals surface area contributed by atoms with Crippen molar-refractivity contribution in [3.63, 3.8) is 0 Å². The number of hydrogen-bond donors (Lipinski definition) is 0. The Morgan fingerprint density at radius 3 is 0.746 bits per heavy atom. The maximum absolute atomic E-state index is 12.2. The maximum atomic E-state index is 12.2. The molecule has 59 heavy (non-hydrogen) atoms. The van der Waals surface area contributed by atoms with Crippen molar-refractivity contribution in [2.24, 2.45) is 0 Å². The van der Waals surface area contributed by atoms with Gasteiger partial charge in [-0.05, 0) is 34.9 Å². The SMILES string of the molecule is CC(C(=O)[O-])c1cccc(C(=O)c2ccccc2)c1.CC(C(=O)[O-])c1cccc(C(=O)c2ccccc2)c1.CC(C(=O)[O-])c1cccc(C(=O)c2ccccc2)c1.O.[Bi+3]. The van der Waals surface area contributed by atoms with Crippen molar-refractivity contribution in [3.8, 4) is 0 Å². The van der Waals surface area contributed by atoms with E-state index < -0.39 is 35.7 Å². The van der Waals surface area contributed by atoms with Gasteiger partial charge in [0.1, 0.15) is 0 Å². The van der Waals surface area contributed by atoms with Crippen LogP contribution in [0.1, 0.15) is 103 Å². The van der Waals surface area contributed by atoms with E-state index in [-0.39, 0.29) is 49.0 Å². The minimum absolute atomic E-state index is 0. The van der Waals surface area contributed by atoms with Crippen LogP contribution in [0.25, 0.3) is 0 Å². The molecule has 0 saturated heterocycles. The zero-order valence-corrected chi connectivity index (χ0v) is 35.9. The molecule has 0 fully saturated rings. The Bertz CT molecular complexity index is 2080. The number of ketones is 3. The van der Waals surface area contributed by atoms with Crippen LogP contribution in [-0.2, 0) is 14.4 Å². The van der Waals surface area contributed by atoms with Crippen LogP contribution in [0.3, 0.4) is 0 Å². The zero-order valence-electron chi connectivity index (χ0n) is 32.4. The van der Waals surface area contributed by atoms with Crippen LogP contribution in [0.5, 0.6) is 0 Å². The van der Waals surface area contributed by atoms with Gasteiger partial charge < -0.3 is 35.2 Å². The fourth-order valence-corrected chi connectivity index (χ4v) is 5.52. The van der Waals surface area contributed by atoms with Gasteiger partial charge in [-0.25, -0.2) is 0 Å². The molecule has 6 aromatic carbocycles. The van der Waals surface area contributed by atoms with Crippen molar-refractivity contribution in [2.45, 2.75) is 38.5 Å². The molecule has 0 aliphatic carbocycles. The van der Waals surface area contributed by atoms with Gasteiger partial charge in [-0.2, -0.15) is 0 Å². The molecule has 3 unspecified atom stereocenters. The van der Waals surface area contributed by atoms with E-state index in [4.69, 9.17) is 0 Å². The zero-order chi connectivity index (χ0) is 41.5. The Morgan fingerprint density at radius 2 is 0.542 bits per heavy atom. The Labute approximate surface area is 361 Å². The van der Waals surface area contributed by atoms with Gasteiger partial charge in [-0.1, -0.05) is 166 Å². The molecule has 3 atom stereocenters. The third-order valence-corrected chi connectivity index (χ3v) is 9.12. The smallest absolute Gasteiger partial charge is 0.550 e. The quantitative estimate of drug-likeness (QED) is 0.128. The molecule has 0 saturated carbocycles. The second kappa shape index (κ2) is 23.7. The summed E-state index contributed by atoms with van der Waals surface area (Å²) in [6, 6.07) is 46.6. The average Bonchev–Trinajstić information content (AvgIpc) is 3.26. The van der Waals surface area contributed by atoms with Crippen molar-refractivity contribution >= 4 is 61.5 Å². The largest absolute Gasteiger partial charge is 3.00 e. The molecule has 0 amide bonds. The van der Waals surface area contributed by atoms with Crippen LogP contribution in [0.15, 0.2) is 164 Å². The summed E-state index contributed by atoms with van der Waals surface area (Å²) < 4.78 is 0. The van der Waals surface area contributed by atoms with Crippen LogP contribution in [0.2, 0.25) is 0 Å². The number of aliphatic carboxylic acids is 3. The Hall–Kier alpha value is -6.42. The number of carbonyl (C=O) groups is 6. The molecule has 6 aromatic rings. The molecule has 0 bridgehead atoms. The molecule has 10 nitrogen and oxygen atoms in total. The van der Waals surface area contributed by atoms with E-state index in [0.717, 1.165) is 0 Å². The average molecular weight is 987 g/mol. The third kappa shape index (κ3) is 13.9. The fourth-order valence-electron chi connectivity index (χ4n) is 5.52. The van der Waals surface area contributed by atoms with E-state index in [9.17, 15) is 44.1 Å². The summed E-state index contributed by atoms with van der Waals surface area (Å²) in [4.78, 5) is 69.2. The first-order chi connectivity index (χ1) is 27.3. The van der Waals surface area contributed by atoms with Gasteiger partial charge in [0.05, 0.1) is 0 Å². The topological polar surface area (TPSA) is 203 Å². The monoisotopic (exact) mass is 986 g/mol. The minimum Gasteiger partial charge on any atom is -0.550 e. The van der Waals surface area contributed by atoms with Crippen molar-refractivity contribution in [2.75, 3.05) is 0 Å². The molecule has 298 valence electrons. The molecule has 2 radical (unpaired) electrons. The number of benzene rings is 6. The predicted molar refractivity (Wildman–Crippen MR) is 219 cm³/mol. The van der Waals surface area contributed by atoms with E-state index in [0.29, 0.717) is 50.1 Å². The summed E-state index contributed by atoms with van der Waals surface area (Å²) in [5, 5.41) is 32.6. The van der Waals surface area contributed by atoms with E-state index in [2.05, 4.69) is 0 Å². The van der Waals surface area contributed by atoms with Gasteiger partial charge in [-0.3, -0.25) is 14.4 Å². The second-order valence-corrected chi connectivity index (χ2v) is 13.1. The summed E-state index contributed by atoms with van der Waals surface area (Å²) >= 11 is 0. The van der Waals surface area contributed by atoms with E-state index >= 15 is 0 Å². The molecule has 0 aliphatic heterocycles. The predicted octanol–water partition coefficient (Wildman–Crippen LogP) is 4.11. The molecule has 0 heterocycles. The van der Waals surface area contributed by atoms with Crippen molar-refractivity contribution in [1.82, 2.24) is 0 Å². The molecular weight excluding hydrogens is 945 g/mol. The normalized spacial score (nSPS) is 11.4. The molecule has 0 spiro atoms. The van der Waals surface area contributed by atoms with Crippen molar-refractivity contribution in [1.29, 1.82) is 0 Å². The van der Waals surface area contributed by atoms with Gasteiger partial charge in [-0.15, -0.1) is 0 Å². The minimum atomic E-state index is -1.15. The number of carbonyl (C=O) groups excluding carboxylic acids is 6. The number of carboxylic acid groups (broad SMARTS) is 3. The van der Waals surface area contributed by atoms with Gasteiger partial charge >= 0.3 is 26.2 Å². The molecular formula is C48H41BiO10. The van der Waals surface area contributed by atoms with Crippen LogP contribution < -0.4 is 15.3 Å². The summed E-state index contributed by atoms with van der Waals surface area (Å²) in [5.41, 5.74) is 4.91. The number of carboxylic acids is 3. The summed E-state index contributed by atoms with van der Waals surface area (Å²) in [6.45, 7) is 4.63. The second-order valence-electron chi connectivity index (χ2n) is 13.1. The third-order valence-electron chi connectivity index (χ3n) is 9.12. The van der Waals surface area contributed by atoms with Gasteiger partial charge in [0.25, 0.3) is 0 Å². The molecule has 11 heteroatoms. The van der Waals surface area contributed by atoms with E-state index in [1.807, 2.05) is 18.2 Å². The molecule has 0 aliphatic rings. The molecule has 2 N–H and O–H groups in total. The summed E-state index contributed by atoms with van der Waals surface area (Å²) in [6.07, 6.45) is 0. The van der Waals surface area contributed by atoms with Crippen LogP contribution in [0, 0.1) is 0 Å². The standard InChI is InChI=1S/3C16H14O3.Bi.H2O/c3*1-11(16(18)19)13-8-5-9-14(10-13)15(17)12-6-3-2-4-7-12;;/h3*2-11H,1H3,(H,18,19);;1H2/q;;;+3;/p-3. The van der Waals surface area contributed by atoms with Crippen LogP contribution in [0.4, 0.5) is 0 Å². The summed E-state index contributed by atoms with van der Waals surface area (Å²) in [5.74, 6) is -6.00. The van der Waals surface area contributed by atoms with Crippen LogP contribution in [-0.4, -0.2) is 66.9 Å². The number of hydrogen-bond acceptors (Lipinski definition) is 9. The van der Waals surface area contributed by atoms with Crippen LogP contribution >= 0.6 is 0 Å².